The summed E-state index contributed by atoms with van der Waals surface area (Å²) in [6, 6.07) is 11.6. The minimum Gasteiger partial charge on any atom is -0.399 e. The van der Waals surface area contributed by atoms with Crippen molar-refractivity contribution in [2.75, 3.05) is 5.73 Å². The maximum atomic E-state index is 13.6. The fourth-order valence-electron chi connectivity index (χ4n) is 1.63. The van der Waals surface area contributed by atoms with Crippen molar-refractivity contribution < 1.29 is 9.18 Å². The van der Waals surface area contributed by atoms with E-state index < -0.39 is 0 Å². The highest BCUT2D eigenvalue weighted by Gasteiger charge is 2.05. The molecule has 2 aromatic carbocycles. The first-order chi connectivity index (χ1) is 9.60. The van der Waals surface area contributed by atoms with Crippen molar-refractivity contribution in [3.05, 3.63) is 59.4 Å². The predicted octanol–water partition coefficient (Wildman–Crippen LogP) is 2.30. The number of rotatable bonds is 4. The van der Waals surface area contributed by atoms with Gasteiger partial charge in [0, 0.05) is 21.9 Å². The van der Waals surface area contributed by atoms with Crippen LogP contribution in [0.15, 0.2) is 47.4 Å². The molecule has 4 nitrogen and oxygen atoms in total. The number of benzene rings is 2. The van der Waals surface area contributed by atoms with Crippen LogP contribution in [0.3, 0.4) is 0 Å². The van der Waals surface area contributed by atoms with Gasteiger partial charge in [-0.1, -0.05) is 12.1 Å². The molecule has 6 heteroatoms. The molecule has 2 aromatic rings. The van der Waals surface area contributed by atoms with Crippen LogP contribution in [0.25, 0.3) is 0 Å². The van der Waals surface area contributed by atoms with E-state index in [0.29, 0.717) is 21.9 Å². The Labute approximate surface area is 120 Å². The lowest BCUT2D eigenvalue weighted by atomic mass is 10.1. The van der Waals surface area contributed by atoms with Gasteiger partial charge in [-0.25, -0.2) is 10.2 Å². The highest BCUT2D eigenvalue weighted by Crippen LogP contribution is 2.26. The predicted molar refractivity (Wildman–Crippen MR) is 78.5 cm³/mol. The molecule has 0 atom stereocenters. The van der Waals surface area contributed by atoms with Gasteiger partial charge in [-0.05, 0) is 35.9 Å². The molecule has 0 fully saturated rings. The molecule has 0 saturated heterocycles. The van der Waals surface area contributed by atoms with Crippen molar-refractivity contribution >= 4 is 23.4 Å². The number of hydrogen-bond acceptors (Lipinski definition) is 4. The third kappa shape index (κ3) is 3.49. The van der Waals surface area contributed by atoms with Crippen molar-refractivity contribution in [3.8, 4) is 0 Å². The zero-order valence-corrected chi connectivity index (χ0v) is 11.4. The van der Waals surface area contributed by atoms with E-state index in [1.165, 1.54) is 17.8 Å². The van der Waals surface area contributed by atoms with Gasteiger partial charge in [0.1, 0.15) is 5.82 Å². The molecule has 0 aliphatic rings. The third-order valence-corrected chi connectivity index (χ3v) is 3.82. The number of carbonyl (C=O) groups excluding carboxylic acids is 1. The van der Waals surface area contributed by atoms with Gasteiger partial charge >= 0.3 is 0 Å². The SMILES string of the molecule is NNC(=O)c1ccc(CSc2ccc(N)cc2F)cc1. The molecular weight excluding hydrogens is 277 g/mol. The van der Waals surface area contributed by atoms with Crippen LogP contribution >= 0.6 is 11.8 Å². The summed E-state index contributed by atoms with van der Waals surface area (Å²) in [6.07, 6.45) is 0. The van der Waals surface area contributed by atoms with E-state index >= 15 is 0 Å². The Morgan fingerprint density at radius 2 is 1.90 bits per heavy atom. The number of thioether (sulfide) groups is 1. The summed E-state index contributed by atoms with van der Waals surface area (Å²) in [5.41, 5.74) is 9.44. The van der Waals surface area contributed by atoms with E-state index in [9.17, 15) is 9.18 Å². The molecule has 0 bridgehead atoms. The van der Waals surface area contributed by atoms with E-state index in [0.717, 1.165) is 5.56 Å². The fourth-order valence-corrected chi connectivity index (χ4v) is 2.51. The van der Waals surface area contributed by atoms with Crippen LogP contribution in [-0.4, -0.2) is 5.91 Å². The summed E-state index contributed by atoms with van der Waals surface area (Å²) in [6.45, 7) is 0. The lowest BCUT2D eigenvalue weighted by Crippen LogP contribution is -2.29. The number of nitrogens with one attached hydrogen (secondary N) is 1. The Bertz CT molecular complexity index is 616. The van der Waals surface area contributed by atoms with E-state index in [1.54, 1.807) is 24.3 Å². The first-order valence-electron chi connectivity index (χ1n) is 5.88. The number of anilines is 1. The fraction of sp³-hybridized carbons (Fsp3) is 0.0714. The molecule has 0 saturated carbocycles. The summed E-state index contributed by atoms with van der Waals surface area (Å²) in [4.78, 5) is 11.8. The van der Waals surface area contributed by atoms with Crippen molar-refractivity contribution in [3.63, 3.8) is 0 Å². The Balaban J connectivity index is 2.02. The Morgan fingerprint density at radius 1 is 1.20 bits per heavy atom. The molecule has 0 heterocycles. The minimum absolute atomic E-state index is 0.325. The van der Waals surface area contributed by atoms with Gasteiger partial charge < -0.3 is 5.73 Å². The topological polar surface area (TPSA) is 81.1 Å². The molecule has 0 spiro atoms. The second-order valence-corrected chi connectivity index (χ2v) is 5.17. The molecule has 20 heavy (non-hydrogen) atoms. The highest BCUT2D eigenvalue weighted by molar-refractivity contribution is 7.98. The quantitative estimate of drug-likeness (QED) is 0.265. The molecule has 2 rings (SSSR count). The zero-order chi connectivity index (χ0) is 14.5. The Kier molecular flexibility index (Phi) is 4.60. The van der Waals surface area contributed by atoms with Gasteiger partial charge in [0.2, 0.25) is 0 Å². The average molecular weight is 291 g/mol. The van der Waals surface area contributed by atoms with Crippen molar-refractivity contribution in [2.45, 2.75) is 10.6 Å². The summed E-state index contributed by atoms with van der Waals surface area (Å²) >= 11 is 1.37. The maximum Gasteiger partial charge on any atom is 0.265 e. The average Bonchev–Trinajstić information content (AvgIpc) is 2.46. The molecule has 0 radical (unpaired) electrons. The van der Waals surface area contributed by atoms with Gasteiger partial charge in [0.25, 0.3) is 5.91 Å². The molecular formula is C14H14FN3OS. The van der Waals surface area contributed by atoms with Crippen LogP contribution in [0.5, 0.6) is 0 Å². The van der Waals surface area contributed by atoms with Crippen LogP contribution in [0.1, 0.15) is 15.9 Å². The van der Waals surface area contributed by atoms with Gasteiger partial charge in [-0.2, -0.15) is 0 Å². The normalized spacial score (nSPS) is 10.3. The second kappa shape index (κ2) is 6.40. The van der Waals surface area contributed by atoms with Crippen molar-refractivity contribution in [1.29, 1.82) is 0 Å². The number of nitrogens with two attached hydrogens (primary N) is 2. The van der Waals surface area contributed by atoms with E-state index in [4.69, 9.17) is 11.6 Å². The summed E-state index contributed by atoms with van der Waals surface area (Å²) in [5, 5.41) is 0. The van der Waals surface area contributed by atoms with Gasteiger partial charge in [0.05, 0.1) is 0 Å². The van der Waals surface area contributed by atoms with Gasteiger partial charge in [0.15, 0.2) is 0 Å². The molecule has 1 amide bonds. The number of nitrogen functional groups attached to an aromatic ring is 2. The van der Waals surface area contributed by atoms with Crippen molar-refractivity contribution in [2.24, 2.45) is 5.84 Å². The second-order valence-electron chi connectivity index (χ2n) is 4.15. The number of halogens is 1. The number of carbonyl (C=O) groups is 1. The van der Waals surface area contributed by atoms with E-state index in [2.05, 4.69) is 5.43 Å². The number of amides is 1. The van der Waals surface area contributed by atoms with Gasteiger partial charge in [-0.3, -0.25) is 10.2 Å². The lowest BCUT2D eigenvalue weighted by Gasteiger charge is -2.05. The monoisotopic (exact) mass is 291 g/mol. The molecule has 0 aliphatic heterocycles. The zero-order valence-electron chi connectivity index (χ0n) is 10.6. The van der Waals surface area contributed by atoms with Crippen molar-refractivity contribution in [1.82, 2.24) is 5.43 Å². The molecule has 0 aromatic heterocycles. The lowest BCUT2D eigenvalue weighted by molar-refractivity contribution is 0.0953. The summed E-state index contributed by atoms with van der Waals surface area (Å²) in [7, 11) is 0. The first-order valence-corrected chi connectivity index (χ1v) is 6.86. The van der Waals surface area contributed by atoms with E-state index in [-0.39, 0.29) is 11.7 Å². The highest BCUT2D eigenvalue weighted by atomic mass is 32.2. The maximum absolute atomic E-state index is 13.6. The summed E-state index contributed by atoms with van der Waals surface area (Å²) < 4.78 is 13.6. The van der Waals surface area contributed by atoms with Crippen LogP contribution < -0.4 is 17.0 Å². The number of hydrazine groups is 1. The van der Waals surface area contributed by atoms with Gasteiger partial charge in [-0.15, -0.1) is 11.8 Å². The molecule has 104 valence electrons. The standard InChI is InChI=1S/C14H14FN3OS/c15-12-7-11(16)5-6-13(12)20-8-9-1-3-10(4-2-9)14(19)18-17/h1-7H,8,16-17H2,(H,18,19). The van der Waals surface area contributed by atoms with Crippen LogP contribution in [0, 0.1) is 5.82 Å². The molecule has 0 aliphatic carbocycles. The minimum atomic E-state index is -0.339. The Hall–Kier alpha value is -2.05. The van der Waals surface area contributed by atoms with Crippen LogP contribution in [0.4, 0.5) is 10.1 Å². The smallest absolute Gasteiger partial charge is 0.265 e. The Morgan fingerprint density at radius 3 is 2.50 bits per heavy atom. The largest absolute Gasteiger partial charge is 0.399 e. The van der Waals surface area contributed by atoms with E-state index in [1.807, 2.05) is 12.1 Å². The molecule has 0 unspecified atom stereocenters. The number of hydrogen-bond donors (Lipinski definition) is 3. The van der Waals surface area contributed by atoms with Crippen LogP contribution in [0.2, 0.25) is 0 Å². The third-order valence-electron chi connectivity index (χ3n) is 2.70. The first kappa shape index (κ1) is 14.4. The van der Waals surface area contributed by atoms with Crippen LogP contribution in [-0.2, 0) is 5.75 Å². The molecule has 5 N–H and O–H groups in total. The summed E-state index contributed by atoms with van der Waals surface area (Å²) in [5.74, 6) is 4.99.